The average molecular weight is 529 g/mol. The number of nitrogens with zero attached hydrogens (tertiary/aromatic N) is 2. The molecule has 210 valence electrons. The van der Waals surface area contributed by atoms with Gasteiger partial charge in [-0.15, -0.1) is 0 Å². The molecule has 0 bridgehead atoms. The molecular formula is C30H44N2O6. The molecule has 0 radical (unpaired) electrons. The number of hydrogen-bond acceptors (Lipinski definition) is 8. The summed E-state index contributed by atoms with van der Waals surface area (Å²) < 4.78 is 34.0. The highest BCUT2D eigenvalue weighted by Gasteiger charge is 2.12. The van der Waals surface area contributed by atoms with E-state index in [2.05, 4.69) is 34.1 Å². The van der Waals surface area contributed by atoms with Crippen LogP contribution in [0.2, 0.25) is 0 Å². The Morgan fingerprint density at radius 3 is 1.42 bits per heavy atom. The number of aryl methyl sites for hydroxylation is 2. The average Bonchev–Trinajstić information content (AvgIpc) is 2.97. The maximum Gasteiger partial charge on any atom is 0.161 e. The van der Waals surface area contributed by atoms with E-state index in [0.29, 0.717) is 13.2 Å². The molecule has 2 saturated heterocycles. The lowest BCUT2D eigenvalue weighted by Gasteiger charge is -2.26. The highest BCUT2D eigenvalue weighted by Crippen LogP contribution is 2.30. The van der Waals surface area contributed by atoms with Crippen molar-refractivity contribution in [1.29, 1.82) is 0 Å². The second-order valence-corrected chi connectivity index (χ2v) is 9.78. The van der Waals surface area contributed by atoms with Gasteiger partial charge in [0.25, 0.3) is 0 Å². The Morgan fingerprint density at radius 2 is 1.03 bits per heavy atom. The third kappa shape index (κ3) is 9.05. The molecule has 0 aliphatic carbocycles. The van der Waals surface area contributed by atoms with Gasteiger partial charge in [0.15, 0.2) is 23.0 Å². The summed E-state index contributed by atoms with van der Waals surface area (Å²) in [6, 6.07) is 12.4. The van der Waals surface area contributed by atoms with Crippen LogP contribution in [0.15, 0.2) is 36.4 Å². The molecule has 0 spiro atoms. The van der Waals surface area contributed by atoms with Crippen LogP contribution in [0.5, 0.6) is 23.0 Å². The Labute approximate surface area is 227 Å². The van der Waals surface area contributed by atoms with E-state index < -0.39 is 0 Å². The van der Waals surface area contributed by atoms with E-state index in [4.69, 9.17) is 28.4 Å². The fourth-order valence-corrected chi connectivity index (χ4v) is 4.94. The van der Waals surface area contributed by atoms with E-state index in [1.165, 1.54) is 11.1 Å². The lowest BCUT2D eigenvalue weighted by molar-refractivity contribution is 0.0374. The van der Waals surface area contributed by atoms with Gasteiger partial charge in [0.05, 0.1) is 40.6 Å². The van der Waals surface area contributed by atoms with Crippen LogP contribution in [-0.2, 0) is 22.3 Å². The van der Waals surface area contributed by atoms with Crippen molar-refractivity contribution in [3.63, 3.8) is 0 Å². The Kier molecular flexibility index (Phi) is 11.8. The summed E-state index contributed by atoms with van der Waals surface area (Å²) in [6.45, 7) is 10.5. The van der Waals surface area contributed by atoms with Crippen LogP contribution >= 0.6 is 0 Å². The van der Waals surface area contributed by atoms with E-state index in [9.17, 15) is 0 Å². The van der Waals surface area contributed by atoms with E-state index in [1.807, 2.05) is 12.1 Å². The van der Waals surface area contributed by atoms with Crippen molar-refractivity contribution < 1.29 is 28.4 Å². The molecule has 2 aromatic rings. The predicted molar refractivity (Wildman–Crippen MR) is 148 cm³/mol. The fourth-order valence-electron chi connectivity index (χ4n) is 4.94. The van der Waals surface area contributed by atoms with Crippen molar-refractivity contribution in [2.45, 2.75) is 25.7 Å². The first-order valence-corrected chi connectivity index (χ1v) is 13.9. The highest BCUT2D eigenvalue weighted by atomic mass is 16.5. The van der Waals surface area contributed by atoms with Crippen molar-refractivity contribution in [3.05, 3.63) is 47.5 Å². The van der Waals surface area contributed by atoms with Crippen molar-refractivity contribution in [1.82, 2.24) is 9.80 Å². The van der Waals surface area contributed by atoms with Gasteiger partial charge in [0, 0.05) is 26.2 Å². The smallest absolute Gasteiger partial charge is 0.161 e. The molecule has 2 fully saturated rings. The number of hydrogen-bond donors (Lipinski definition) is 0. The molecule has 0 atom stereocenters. The van der Waals surface area contributed by atoms with Gasteiger partial charge in [-0.3, -0.25) is 9.80 Å². The lowest BCUT2D eigenvalue weighted by atomic mass is 10.1. The van der Waals surface area contributed by atoms with E-state index in [1.54, 1.807) is 14.2 Å². The minimum absolute atomic E-state index is 0.414. The summed E-state index contributed by atoms with van der Waals surface area (Å²) in [7, 11) is 3.37. The van der Waals surface area contributed by atoms with Crippen LogP contribution in [0, 0.1) is 0 Å². The summed E-state index contributed by atoms with van der Waals surface area (Å²) in [4.78, 5) is 4.93. The van der Waals surface area contributed by atoms with Crippen LogP contribution in [0.4, 0.5) is 0 Å². The van der Waals surface area contributed by atoms with Gasteiger partial charge in [-0.1, -0.05) is 12.1 Å². The van der Waals surface area contributed by atoms with Gasteiger partial charge >= 0.3 is 0 Å². The molecule has 2 aromatic carbocycles. The lowest BCUT2D eigenvalue weighted by Crippen LogP contribution is -2.36. The molecule has 2 aliphatic heterocycles. The van der Waals surface area contributed by atoms with Crippen LogP contribution in [0.3, 0.4) is 0 Å². The zero-order valence-corrected chi connectivity index (χ0v) is 23.1. The SMILES string of the molecule is COc1cc(CCCN2CCOCC2)ccc1OCCOc1ccc(CCCN2CCOCC2)cc1OC. The summed E-state index contributed by atoms with van der Waals surface area (Å²) >= 11 is 0. The molecule has 38 heavy (non-hydrogen) atoms. The molecule has 0 aromatic heterocycles. The zero-order chi connectivity index (χ0) is 26.4. The molecule has 0 unspecified atom stereocenters. The Balaban J connectivity index is 1.18. The molecule has 0 saturated carbocycles. The van der Waals surface area contributed by atoms with E-state index in [0.717, 1.165) is 114 Å². The van der Waals surface area contributed by atoms with Crippen molar-refractivity contribution in [2.24, 2.45) is 0 Å². The first-order chi connectivity index (χ1) is 18.7. The molecule has 2 heterocycles. The van der Waals surface area contributed by atoms with Crippen molar-refractivity contribution in [3.8, 4) is 23.0 Å². The number of benzene rings is 2. The molecule has 4 rings (SSSR count). The maximum atomic E-state index is 5.99. The second-order valence-electron chi connectivity index (χ2n) is 9.78. The minimum Gasteiger partial charge on any atom is -0.493 e. The van der Waals surface area contributed by atoms with Crippen molar-refractivity contribution in [2.75, 3.05) is 93.1 Å². The van der Waals surface area contributed by atoms with Crippen LogP contribution in [0.25, 0.3) is 0 Å². The first-order valence-electron chi connectivity index (χ1n) is 13.9. The Morgan fingerprint density at radius 1 is 0.605 bits per heavy atom. The predicted octanol–water partition coefficient (Wildman–Crippen LogP) is 3.69. The van der Waals surface area contributed by atoms with Crippen LogP contribution < -0.4 is 18.9 Å². The minimum atomic E-state index is 0.414. The summed E-state index contributed by atoms with van der Waals surface area (Å²) in [5.41, 5.74) is 2.52. The van der Waals surface area contributed by atoms with Crippen LogP contribution in [-0.4, -0.2) is 103 Å². The summed E-state index contributed by atoms with van der Waals surface area (Å²) in [5, 5.41) is 0. The van der Waals surface area contributed by atoms with Gasteiger partial charge < -0.3 is 28.4 Å². The molecule has 8 nitrogen and oxygen atoms in total. The molecule has 2 aliphatic rings. The van der Waals surface area contributed by atoms with Gasteiger partial charge in [-0.25, -0.2) is 0 Å². The standard InChI is InChI=1S/C30H44N2O6/c1-33-29-23-25(5-3-11-31-13-17-35-18-14-31)7-9-27(29)37-21-22-38-28-10-8-26(24-30(28)34-2)6-4-12-32-15-19-36-20-16-32/h7-10,23-24H,3-6,11-22H2,1-2H3. The third-order valence-electron chi connectivity index (χ3n) is 7.14. The number of rotatable bonds is 15. The molecule has 0 amide bonds. The van der Waals surface area contributed by atoms with Gasteiger partial charge in [0.1, 0.15) is 13.2 Å². The monoisotopic (exact) mass is 528 g/mol. The topological polar surface area (TPSA) is 61.9 Å². The molecule has 8 heteroatoms. The quantitative estimate of drug-likeness (QED) is 0.325. The molecule has 0 N–H and O–H groups in total. The maximum absolute atomic E-state index is 5.99. The van der Waals surface area contributed by atoms with Crippen molar-refractivity contribution >= 4 is 0 Å². The Hall–Kier alpha value is -2.52. The largest absolute Gasteiger partial charge is 0.493 e. The molecular weight excluding hydrogens is 484 g/mol. The number of morpholine rings is 2. The second kappa shape index (κ2) is 15.8. The van der Waals surface area contributed by atoms with E-state index >= 15 is 0 Å². The van der Waals surface area contributed by atoms with Gasteiger partial charge in [0.2, 0.25) is 0 Å². The normalized spacial score (nSPS) is 16.8. The Bertz CT molecular complexity index is 882. The summed E-state index contributed by atoms with van der Waals surface area (Å²) in [5.74, 6) is 2.98. The van der Waals surface area contributed by atoms with Gasteiger partial charge in [-0.2, -0.15) is 0 Å². The number of methoxy groups -OCH3 is 2. The highest BCUT2D eigenvalue weighted by molar-refractivity contribution is 5.44. The number of ether oxygens (including phenoxy) is 6. The first kappa shape index (κ1) is 28.5. The summed E-state index contributed by atoms with van der Waals surface area (Å²) in [6.07, 6.45) is 4.26. The zero-order valence-electron chi connectivity index (χ0n) is 23.1. The third-order valence-corrected chi connectivity index (χ3v) is 7.14. The fraction of sp³-hybridized carbons (Fsp3) is 0.600. The van der Waals surface area contributed by atoms with Gasteiger partial charge in [-0.05, 0) is 74.2 Å². The van der Waals surface area contributed by atoms with Crippen LogP contribution in [0.1, 0.15) is 24.0 Å². The van der Waals surface area contributed by atoms with E-state index in [-0.39, 0.29) is 0 Å².